The lowest BCUT2D eigenvalue weighted by Gasteiger charge is -2.35. The van der Waals surface area contributed by atoms with Gasteiger partial charge in [-0.25, -0.2) is 0 Å². The molecule has 1 heteroatoms. The van der Waals surface area contributed by atoms with Gasteiger partial charge in [-0.15, -0.1) is 0 Å². The summed E-state index contributed by atoms with van der Waals surface area (Å²) < 4.78 is 2.60. The van der Waals surface area contributed by atoms with E-state index in [2.05, 4.69) is 160 Å². The van der Waals surface area contributed by atoms with E-state index in [1.165, 1.54) is 93.5 Å². The Balaban J connectivity index is 1.44. The largest absolute Gasteiger partial charge is 0.308 e. The molecule has 0 N–H and O–H groups in total. The summed E-state index contributed by atoms with van der Waals surface area (Å²) in [4.78, 5) is 0. The van der Waals surface area contributed by atoms with Gasteiger partial charge in [0.2, 0.25) is 0 Å². The lowest BCUT2D eigenvalue weighted by Crippen LogP contribution is -2.23. The Bertz CT molecular complexity index is 2590. The van der Waals surface area contributed by atoms with Crippen LogP contribution in [-0.4, -0.2) is 4.57 Å². The summed E-state index contributed by atoms with van der Waals surface area (Å²) in [6, 6.07) is 48.2. The molecule has 8 aromatic rings. The zero-order valence-corrected chi connectivity index (χ0v) is 26.1. The van der Waals surface area contributed by atoms with Crippen molar-refractivity contribution in [3.8, 4) is 27.9 Å². The molecule has 0 radical (unpaired) electrons. The van der Waals surface area contributed by atoms with Gasteiger partial charge < -0.3 is 4.57 Å². The Morgan fingerprint density at radius 1 is 0.422 bits per heavy atom. The molecule has 0 spiro atoms. The first-order chi connectivity index (χ1) is 21.9. The second kappa shape index (κ2) is 8.31. The maximum Gasteiger partial charge on any atom is 0.0626 e. The summed E-state index contributed by atoms with van der Waals surface area (Å²) in [6.45, 7) is 9.53. The molecule has 1 heterocycles. The fraction of sp³-hybridized carbons (Fsp3) is 0.136. The minimum atomic E-state index is -0.0936. The first kappa shape index (κ1) is 25.2. The summed E-state index contributed by atoms with van der Waals surface area (Å²) in [5.41, 5.74) is 14.7. The number of nitrogens with zero attached hydrogens (tertiary/aromatic N) is 1. The van der Waals surface area contributed by atoms with Crippen LogP contribution in [0.5, 0.6) is 0 Å². The van der Waals surface area contributed by atoms with Crippen LogP contribution in [0.15, 0.2) is 127 Å². The highest BCUT2D eigenvalue weighted by Crippen LogP contribution is 2.54. The number of fused-ring (bicyclic) bond motifs is 11. The predicted molar refractivity (Wildman–Crippen MR) is 191 cm³/mol. The molecule has 0 aliphatic heterocycles. The molecule has 0 bridgehead atoms. The van der Waals surface area contributed by atoms with Gasteiger partial charge in [-0.1, -0.05) is 137 Å². The normalized spacial score (nSPS) is 15.5. The van der Waals surface area contributed by atoms with E-state index in [0.29, 0.717) is 0 Å². The van der Waals surface area contributed by atoms with E-state index in [9.17, 15) is 0 Å². The molecule has 0 saturated heterocycles. The zero-order valence-electron chi connectivity index (χ0n) is 26.1. The highest BCUT2D eigenvalue weighted by molar-refractivity contribution is 6.26. The van der Waals surface area contributed by atoms with E-state index in [4.69, 9.17) is 0 Å². The lowest BCUT2D eigenvalue weighted by molar-refractivity contribution is 0.645. The van der Waals surface area contributed by atoms with Gasteiger partial charge in [0.1, 0.15) is 0 Å². The number of rotatable bonds is 1. The van der Waals surface area contributed by atoms with Gasteiger partial charge in [-0.2, -0.15) is 0 Å². The summed E-state index contributed by atoms with van der Waals surface area (Å²) in [5.74, 6) is 0. The van der Waals surface area contributed by atoms with Crippen LogP contribution in [0.25, 0.3) is 71.3 Å². The van der Waals surface area contributed by atoms with Gasteiger partial charge in [-0.05, 0) is 73.3 Å². The molecule has 0 amide bonds. The fourth-order valence-electron chi connectivity index (χ4n) is 8.97. The maximum absolute atomic E-state index is 2.60. The first-order valence-corrected chi connectivity index (χ1v) is 16.1. The van der Waals surface area contributed by atoms with Crippen molar-refractivity contribution in [2.24, 2.45) is 0 Å². The van der Waals surface area contributed by atoms with Crippen molar-refractivity contribution in [2.45, 2.75) is 38.5 Å². The van der Waals surface area contributed by atoms with Crippen LogP contribution in [0.2, 0.25) is 0 Å². The second-order valence-electron chi connectivity index (χ2n) is 14.1. The Morgan fingerprint density at radius 3 is 1.91 bits per heavy atom. The lowest BCUT2D eigenvalue weighted by atomic mass is 9.68. The van der Waals surface area contributed by atoms with Crippen LogP contribution in [-0.2, 0) is 10.8 Å². The van der Waals surface area contributed by atoms with E-state index in [-0.39, 0.29) is 10.8 Å². The maximum atomic E-state index is 2.60. The monoisotopic (exact) mass is 575 g/mol. The Hall–Kier alpha value is -5.14. The third kappa shape index (κ3) is 3.04. The molecule has 214 valence electrons. The second-order valence-corrected chi connectivity index (χ2v) is 14.1. The molecule has 0 saturated carbocycles. The van der Waals surface area contributed by atoms with Crippen LogP contribution in [0.3, 0.4) is 0 Å². The van der Waals surface area contributed by atoms with Crippen molar-refractivity contribution in [3.05, 3.63) is 150 Å². The number of hydrogen-bond acceptors (Lipinski definition) is 0. The number of hydrogen-bond donors (Lipinski definition) is 0. The van der Waals surface area contributed by atoms with Crippen LogP contribution in [0, 0.1) is 0 Å². The van der Waals surface area contributed by atoms with Gasteiger partial charge in [0.25, 0.3) is 0 Å². The van der Waals surface area contributed by atoms with Crippen LogP contribution in [0.4, 0.5) is 0 Å². The topological polar surface area (TPSA) is 4.93 Å². The number of aromatic nitrogens is 1. The van der Waals surface area contributed by atoms with Crippen molar-refractivity contribution in [1.29, 1.82) is 0 Å². The summed E-state index contributed by atoms with van der Waals surface area (Å²) >= 11 is 0. The summed E-state index contributed by atoms with van der Waals surface area (Å²) in [6.07, 6.45) is 0. The van der Waals surface area contributed by atoms with E-state index in [1.54, 1.807) is 0 Å². The average Bonchev–Trinajstić information content (AvgIpc) is 3.51. The van der Waals surface area contributed by atoms with E-state index in [1.807, 2.05) is 0 Å². The molecule has 45 heavy (non-hydrogen) atoms. The highest BCUT2D eigenvalue weighted by Gasteiger charge is 2.37. The molecular formula is C44H33N. The molecule has 2 aliphatic rings. The van der Waals surface area contributed by atoms with E-state index < -0.39 is 0 Å². The molecule has 0 fully saturated rings. The Kier molecular flexibility index (Phi) is 4.66. The molecule has 10 rings (SSSR count). The molecule has 0 unspecified atom stereocenters. The first-order valence-electron chi connectivity index (χ1n) is 16.1. The standard InChI is InChI=1S/C44H33N/c1-43(2)36-18-10-8-16-33(36)40-39-27(13-11-19-37(39)43)24-34-32-22-20-26-12-5-6-14-29(26)41(32)45(42(34)40)28-21-23-31-30-15-7-9-17-35(30)44(3,4)38(31)25-28/h5-25H,1-4H3. The van der Waals surface area contributed by atoms with Crippen molar-refractivity contribution < 1.29 is 0 Å². The third-order valence-electron chi connectivity index (χ3n) is 11.1. The fourth-order valence-corrected chi connectivity index (χ4v) is 8.97. The quantitative estimate of drug-likeness (QED) is 0.183. The summed E-state index contributed by atoms with van der Waals surface area (Å²) in [7, 11) is 0. The van der Waals surface area contributed by atoms with Crippen molar-refractivity contribution >= 4 is 43.4 Å². The van der Waals surface area contributed by atoms with Crippen LogP contribution in [0.1, 0.15) is 49.9 Å². The van der Waals surface area contributed by atoms with Gasteiger partial charge in [0, 0.05) is 38.2 Å². The third-order valence-corrected chi connectivity index (χ3v) is 11.1. The molecule has 2 aliphatic carbocycles. The van der Waals surface area contributed by atoms with Gasteiger partial charge in [0.05, 0.1) is 11.0 Å². The van der Waals surface area contributed by atoms with Crippen molar-refractivity contribution in [1.82, 2.24) is 4.57 Å². The highest BCUT2D eigenvalue weighted by atomic mass is 15.0. The molecule has 7 aromatic carbocycles. The smallest absolute Gasteiger partial charge is 0.0626 e. The molecular weight excluding hydrogens is 542 g/mol. The molecule has 0 atom stereocenters. The van der Waals surface area contributed by atoms with Crippen molar-refractivity contribution in [2.75, 3.05) is 0 Å². The Morgan fingerprint density at radius 2 is 1.07 bits per heavy atom. The van der Waals surface area contributed by atoms with Crippen LogP contribution < -0.4 is 0 Å². The minimum Gasteiger partial charge on any atom is -0.308 e. The van der Waals surface area contributed by atoms with Gasteiger partial charge >= 0.3 is 0 Å². The van der Waals surface area contributed by atoms with Crippen molar-refractivity contribution in [3.63, 3.8) is 0 Å². The van der Waals surface area contributed by atoms with Gasteiger partial charge in [0.15, 0.2) is 0 Å². The van der Waals surface area contributed by atoms with Gasteiger partial charge in [-0.3, -0.25) is 0 Å². The zero-order chi connectivity index (χ0) is 30.2. The molecule has 1 nitrogen and oxygen atoms in total. The van der Waals surface area contributed by atoms with Crippen LogP contribution >= 0.6 is 0 Å². The predicted octanol–water partition coefficient (Wildman–Crippen LogP) is 11.7. The SMILES string of the molecule is CC1(C)c2ccccc2-c2ccc(-n3c4c5c6c(cccc6cc4c4ccc6ccccc6c43)C(C)(C)c3ccccc3-5)cc21. The van der Waals surface area contributed by atoms with E-state index in [0.717, 1.165) is 0 Å². The summed E-state index contributed by atoms with van der Waals surface area (Å²) in [5, 5.41) is 7.87. The Labute approximate surface area is 263 Å². The molecule has 1 aromatic heterocycles. The number of benzene rings is 7. The van der Waals surface area contributed by atoms with E-state index >= 15 is 0 Å². The minimum absolute atomic E-state index is 0.0759. The average molecular weight is 576 g/mol.